The molecule has 1 aromatic rings. The summed E-state index contributed by atoms with van der Waals surface area (Å²) in [4.78, 5) is 40.9. The third-order valence-corrected chi connectivity index (χ3v) is 9.06. The number of hydrogen-bond donors (Lipinski definition) is 0. The lowest BCUT2D eigenvalue weighted by molar-refractivity contribution is -0.171. The molecule has 1 aromatic carbocycles. The standard InChI is InChI=1S/C25H30FNO3/c1-24-12-11-22(30)27(14-15-3-5-16(26)6-4-15)20(24)9-7-17-18-8-10-21(29)25(18,2)13-19(28)23(17)24/h3-6,17-18,20,23H,7-14H2,1-2H3/t17?,18-,20?,23+,24-,25-/m0/s1. The average molecular weight is 412 g/mol. The van der Waals surface area contributed by atoms with E-state index in [4.69, 9.17) is 0 Å². The van der Waals surface area contributed by atoms with Gasteiger partial charge in [0.2, 0.25) is 5.91 Å². The Hall–Kier alpha value is -2.04. The Morgan fingerprint density at radius 1 is 1.03 bits per heavy atom. The number of piperidine rings is 1. The minimum Gasteiger partial charge on any atom is -0.335 e. The Morgan fingerprint density at radius 2 is 1.77 bits per heavy atom. The van der Waals surface area contributed by atoms with Crippen molar-refractivity contribution in [3.05, 3.63) is 35.6 Å². The van der Waals surface area contributed by atoms with Crippen LogP contribution in [0.1, 0.15) is 64.4 Å². The van der Waals surface area contributed by atoms with Gasteiger partial charge in [-0.05, 0) is 60.6 Å². The van der Waals surface area contributed by atoms with Crippen LogP contribution in [0.4, 0.5) is 4.39 Å². The number of carbonyl (C=O) groups is 3. The van der Waals surface area contributed by atoms with Crippen LogP contribution in [0.3, 0.4) is 0 Å². The molecule has 4 nitrogen and oxygen atoms in total. The summed E-state index contributed by atoms with van der Waals surface area (Å²) in [7, 11) is 0. The van der Waals surface area contributed by atoms with Crippen molar-refractivity contribution in [3.8, 4) is 0 Å². The van der Waals surface area contributed by atoms with E-state index in [9.17, 15) is 18.8 Å². The first-order valence-corrected chi connectivity index (χ1v) is 11.3. The molecule has 6 atom stereocenters. The summed E-state index contributed by atoms with van der Waals surface area (Å²) < 4.78 is 13.3. The third-order valence-electron chi connectivity index (χ3n) is 9.06. The zero-order valence-corrected chi connectivity index (χ0v) is 17.8. The van der Waals surface area contributed by atoms with Gasteiger partial charge in [0.15, 0.2) is 0 Å². The zero-order chi connectivity index (χ0) is 21.3. The Balaban J connectivity index is 1.47. The molecule has 2 unspecified atom stereocenters. The van der Waals surface area contributed by atoms with E-state index < -0.39 is 5.41 Å². The molecular formula is C25H30FNO3. The molecule has 5 heteroatoms. The number of hydrogen-bond acceptors (Lipinski definition) is 3. The molecule has 30 heavy (non-hydrogen) atoms. The molecule has 0 bridgehead atoms. The van der Waals surface area contributed by atoms with E-state index in [1.165, 1.54) is 12.1 Å². The van der Waals surface area contributed by atoms with Crippen molar-refractivity contribution < 1.29 is 18.8 Å². The normalized spacial score (nSPS) is 40.8. The SMILES string of the molecule is C[C@]12CCC(=O)N(Cc3ccc(F)cc3)C1CCC1[C@@H]2C(=O)C[C@]2(C)C(=O)CC[C@@H]12. The van der Waals surface area contributed by atoms with Crippen LogP contribution in [0.2, 0.25) is 0 Å². The van der Waals surface area contributed by atoms with Crippen LogP contribution in [0.25, 0.3) is 0 Å². The molecule has 5 rings (SSSR count). The highest BCUT2D eigenvalue weighted by molar-refractivity contribution is 5.95. The molecule has 0 radical (unpaired) electrons. The van der Waals surface area contributed by atoms with Gasteiger partial charge in [0.05, 0.1) is 0 Å². The Morgan fingerprint density at radius 3 is 2.50 bits per heavy atom. The molecule has 0 N–H and O–H groups in total. The quantitative estimate of drug-likeness (QED) is 0.729. The van der Waals surface area contributed by atoms with Gasteiger partial charge >= 0.3 is 0 Å². The van der Waals surface area contributed by atoms with Crippen LogP contribution in [-0.4, -0.2) is 28.4 Å². The summed E-state index contributed by atoms with van der Waals surface area (Å²) in [6, 6.07) is 6.36. The second-order valence-corrected chi connectivity index (χ2v) is 10.5. The predicted octanol–water partition coefficient (Wildman–Crippen LogP) is 4.31. The fourth-order valence-electron chi connectivity index (χ4n) is 7.58. The lowest BCUT2D eigenvalue weighted by atomic mass is 9.47. The molecule has 0 spiro atoms. The van der Waals surface area contributed by atoms with Gasteiger partial charge in [-0.25, -0.2) is 4.39 Å². The molecule has 1 saturated heterocycles. The molecule has 4 aliphatic rings. The first-order chi connectivity index (χ1) is 14.2. The van der Waals surface area contributed by atoms with Gasteiger partial charge in [-0.3, -0.25) is 14.4 Å². The number of halogens is 1. The summed E-state index contributed by atoms with van der Waals surface area (Å²) in [5.74, 6) is 0.837. The number of ketones is 2. The smallest absolute Gasteiger partial charge is 0.223 e. The Kier molecular flexibility index (Phi) is 4.46. The van der Waals surface area contributed by atoms with Gasteiger partial charge in [0.1, 0.15) is 17.4 Å². The van der Waals surface area contributed by atoms with Crippen molar-refractivity contribution in [2.45, 2.75) is 71.4 Å². The summed E-state index contributed by atoms with van der Waals surface area (Å²) in [6.45, 7) is 4.68. The van der Waals surface area contributed by atoms with Crippen molar-refractivity contribution >= 4 is 17.5 Å². The Bertz CT molecular complexity index is 911. The highest BCUT2D eigenvalue weighted by atomic mass is 19.1. The van der Waals surface area contributed by atoms with Crippen LogP contribution >= 0.6 is 0 Å². The second kappa shape index (κ2) is 6.73. The number of nitrogens with zero attached hydrogens (tertiary/aromatic N) is 1. The average Bonchev–Trinajstić information content (AvgIpc) is 3.00. The first-order valence-electron chi connectivity index (χ1n) is 11.3. The van der Waals surface area contributed by atoms with Crippen molar-refractivity contribution in [1.29, 1.82) is 0 Å². The third kappa shape index (κ3) is 2.73. The molecule has 4 fully saturated rings. The number of Topliss-reactive ketones (excluding diaryl/α,β-unsaturated/α-hetero) is 2. The number of fused-ring (bicyclic) bond motifs is 5. The molecular weight excluding hydrogens is 381 g/mol. The van der Waals surface area contributed by atoms with Crippen LogP contribution in [0.5, 0.6) is 0 Å². The van der Waals surface area contributed by atoms with Crippen molar-refractivity contribution in [2.75, 3.05) is 0 Å². The van der Waals surface area contributed by atoms with E-state index in [2.05, 4.69) is 6.92 Å². The van der Waals surface area contributed by atoms with Crippen molar-refractivity contribution in [2.24, 2.45) is 28.6 Å². The second-order valence-electron chi connectivity index (χ2n) is 10.5. The molecule has 0 aromatic heterocycles. The summed E-state index contributed by atoms with van der Waals surface area (Å²) >= 11 is 0. The molecule has 160 valence electrons. The summed E-state index contributed by atoms with van der Waals surface area (Å²) in [5.41, 5.74) is 0.195. The number of rotatable bonds is 2. The van der Waals surface area contributed by atoms with Gasteiger partial charge < -0.3 is 4.90 Å². The van der Waals surface area contributed by atoms with Gasteiger partial charge in [0, 0.05) is 43.2 Å². The number of likely N-dealkylation sites (tertiary alicyclic amines) is 1. The van der Waals surface area contributed by atoms with E-state index in [1.807, 2.05) is 11.8 Å². The maximum absolute atomic E-state index is 13.5. The van der Waals surface area contributed by atoms with Crippen LogP contribution in [0.15, 0.2) is 24.3 Å². The first kappa shape index (κ1) is 19.9. The number of amides is 1. The molecule has 3 saturated carbocycles. The van der Waals surface area contributed by atoms with Gasteiger partial charge in [-0.2, -0.15) is 0 Å². The molecule has 3 aliphatic carbocycles. The van der Waals surface area contributed by atoms with E-state index in [-0.39, 0.29) is 46.6 Å². The van der Waals surface area contributed by atoms with Crippen molar-refractivity contribution in [3.63, 3.8) is 0 Å². The monoisotopic (exact) mass is 411 g/mol. The van der Waals surface area contributed by atoms with Crippen LogP contribution in [-0.2, 0) is 20.9 Å². The lowest BCUT2D eigenvalue weighted by Gasteiger charge is -2.60. The fraction of sp³-hybridized carbons (Fsp3) is 0.640. The van der Waals surface area contributed by atoms with Crippen molar-refractivity contribution in [1.82, 2.24) is 4.90 Å². The maximum atomic E-state index is 13.5. The highest BCUT2D eigenvalue weighted by Crippen LogP contribution is 2.62. The fourth-order valence-corrected chi connectivity index (χ4v) is 7.58. The number of benzene rings is 1. The maximum Gasteiger partial charge on any atom is 0.223 e. The molecule has 1 aliphatic heterocycles. The Labute approximate surface area is 177 Å². The summed E-state index contributed by atoms with van der Waals surface area (Å²) in [6.07, 6.45) is 4.84. The van der Waals surface area contributed by atoms with Crippen LogP contribution < -0.4 is 0 Å². The van der Waals surface area contributed by atoms with Gasteiger partial charge in [-0.15, -0.1) is 0 Å². The number of carbonyl (C=O) groups excluding carboxylic acids is 3. The van der Waals surface area contributed by atoms with E-state index in [0.29, 0.717) is 31.7 Å². The summed E-state index contributed by atoms with van der Waals surface area (Å²) in [5, 5.41) is 0. The molecule has 1 amide bonds. The predicted molar refractivity (Wildman–Crippen MR) is 110 cm³/mol. The highest BCUT2D eigenvalue weighted by Gasteiger charge is 2.64. The van der Waals surface area contributed by atoms with Gasteiger partial charge in [0.25, 0.3) is 0 Å². The van der Waals surface area contributed by atoms with E-state index >= 15 is 0 Å². The zero-order valence-electron chi connectivity index (χ0n) is 17.8. The topological polar surface area (TPSA) is 54.5 Å². The van der Waals surface area contributed by atoms with Gasteiger partial charge in [-0.1, -0.05) is 26.0 Å². The van der Waals surface area contributed by atoms with Crippen LogP contribution in [0, 0.1) is 34.4 Å². The van der Waals surface area contributed by atoms with E-state index in [1.54, 1.807) is 12.1 Å². The minimum atomic E-state index is -0.472. The molecule has 1 heterocycles. The minimum absolute atomic E-state index is 0.0236. The lowest BCUT2D eigenvalue weighted by Crippen LogP contribution is -2.64. The van der Waals surface area contributed by atoms with E-state index in [0.717, 1.165) is 31.2 Å². The largest absolute Gasteiger partial charge is 0.335 e.